The van der Waals surface area contributed by atoms with Crippen molar-refractivity contribution in [1.82, 2.24) is 20.1 Å². The van der Waals surface area contributed by atoms with Crippen molar-refractivity contribution in [2.24, 2.45) is 0 Å². The Morgan fingerprint density at radius 2 is 2.05 bits per heavy atom. The topological polar surface area (TPSA) is 86.1 Å². The maximum Gasteiger partial charge on any atom is 0.337 e. The summed E-state index contributed by atoms with van der Waals surface area (Å²) in [4.78, 5) is 26.8. The Hall–Kier alpha value is -2.70. The molecule has 0 spiro atoms. The van der Waals surface area contributed by atoms with Crippen molar-refractivity contribution in [3.8, 4) is 0 Å². The number of nitrogens with one attached hydrogen (secondary N) is 1. The highest BCUT2D eigenvalue weighted by atomic mass is 16.5. The predicted molar refractivity (Wildman–Crippen MR) is 74.3 cm³/mol. The highest BCUT2D eigenvalue weighted by Gasteiger charge is 2.05. The fourth-order valence-corrected chi connectivity index (χ4v) is 1.73. The molecule has 0 saturated carbocycles. The Bertz CT molecular complexity index is 593. The number of ether oxygens (including phenoxy) is 1. The van der Waals surface area contributed by atoms with Gasteiger partial charge in [0.15, 0.2) is 0 Å². The zero-order valence-corrected chi connectivity index (χ0v) is 11.7. The van der Waals surface area contributed by atoms with Gasteiger partial charge in [-0.2, -0.15) is 5.10 Å². The summed E-state index contributed by atoms with van der Waals surface area (Å²) in [7, 11) is 1.34. The van der Waals surface area contributed by atoms with Gasteiger partial charge in [-0.1, -0.05) is 12.1 Å². The van der Waals surface area contributed by atoms with E-state index in [1.807, 2.05) is 0 Å². The third-order valence-electron chi connectivity index (χ3n) is 2.90. The van der Waals surface area contributed by atoms with Crippen molar-refractivity contribution in [3.63, 3.8) is 0 Å². The van der Waals surface area contributed by atoms with E-state index in [0.29, 0.717) is 25.1 Å². The maximum atomic E-state index is 11.7. The highest BCUT2D eigenvalue weighted by molar-refractivity contribution is 5.89. The van der Waals surface area contributed by atoms with Crippen LogP contribution in [0.4, 0.5) is 0 Å². The summed E-state index contributed by atoms with van der Waals surface area (Å²) in [6, 6.07) is 6.90. The number of carbonyl (C=O) groups excluding carboxylic acids is 2. The van der Waals surface area contributed by atoms with Crippen LogP contribution in [0.2, 0.25) is 0 Å². The van der Waals surface area contributed by atoms with Crippen LogP contribution in [0.1, 0.15) is 22.3 Å². The maximum absolute atomic E-state index is 11.7. The lowest BCUT2D eigenvalue weighted by Gasteiger charge is -2.06. The van der Waals surface area contributed by atoms with Gasteiger partial charge >= 0.3 is 5.97 Å². The van der Waals surface area contributed by atoms with Crippen LogP contribution < -0.4 is 5.32 Å². The first-order chi connectivity index (χ1) is 10.2. The standard InChI is InChI=1S/C14H16N4O3/c1-21-14(20)12-4-2-11(3-5-12)8-16-13(19)6-7-18-10-15-9-17-18/h2-5,9-10H,6-8H2,1H3,(H,16,19). The highest BCUT2D eigenvalue weighted by Crippen LogP contribution is 2.05. The van der Waals surface area contributed by atoms with E-state index in [2.05, 4.69) is 20.1 Å². The summed E-state index contributed by atoms with van der Waals surface area (Å²) in [5.41, 5.74) is 1.40. The van der Waals surface area contributed by atoms with E-state index < -0.39 is 0 Å². The third-order valence-corrected chi connectivity index (χ3v) is 2.90. The lowest BCUT2D eigenvalue weighted by molar-refractivity contribution is -0.121. The number of hydrogen-bond donors (Lipinski definition) is 1. The molecule has 21 heavy (non-hydrogen) atoms. The van der Waals surface area contributed by atoms with Gasteiger partial charge in [0.2, 0.25) is 5.91 Å². The lowest BCUT2D eigenvalue weighted by atomic mass is 10.1. The van der Waals surface area contributed by atoms with E-state index in [1.165, 1.54) is 13.4 Å². The first kappa shape index (κ1) is 14.7. The molecule has 0 unspecified atom stereocenters. The second kappa shape index (κ2) is 7.18. The molecule has 110 valence electrons. The Morgan fingerprint density at radius 3 is 2.67 bits per heavy atom. The first-order valence-electron chi connectivity index (χ1n) is 6.45. The zero-order valence-electron chi connectivity index (χ0n) is 11.7. The van der Waals surface area contributed by atoms with Crippen LogP contribution in [0.5, 0.6) is 0 Å². The number of esters is 1. The average molecular weight is 288 g/mol. The largest absolute Gasteiger partial charge is 0.465 e. The van der Waals surface area contributed by atoms with Gasteiger partial charge in [-0.3, -0.25) is 9.48 Å². The quantitative estimate of drug-likeness (QED) is 0.793. The van der Waals surface area contributed by atoms with Gasteiger partial charge in [0.05, 0.1) is 19.2 Å². The molecule has 0 saturated heterocycles. The van der Waals surface area contributed by atoms with E-state index in [1.54, 1.807) is 35.3 Å². The molecule has 2 aromatic rings. The average Bonchev–Trinajstić information content (AvgIpc) is 3.04. The molecule has 1 N–H and O–H groups in total. The van der Waals surface area contributed by atoms with Crippen LogP contribution in [0.3, 0.4) is 0 Å². The van der Waals surface area contributed by atoms with Gasteiger partial charge in [0, 0.05) is 13.0 Å². The monoisotopic (exact) mass is 288 g/mol. The molecule has 1 amide bonds. The minimum absolute atomic E-state index is 0.0671. The van der Waals surface area contributed by atoms with Gasteiger partial charge in [-0.25, -0.2) is 9.78 Å². The van der Waals surface area contributed by atoms with Crippen LogP contribution in [0, 0.1) is 0 Å². The van der Waals surface area contributed by atoms with Gasteiger partial charge < -0.3 is 10.1 Å². The number of aryl methyl sites for hydroxylation is 1. The van der Waals surface area contributed by atoms with Crippen LogP contribution in [-0.2, 0) is 22.6 Å². The normalized spacial score (nSPS) is 10.1. The number of carbonyl (C=O) groups is 2. The van der Waals surface area contributed by atoms with Crippen LogP contribution in [0.25, 0.3) is 0 Å². The summed E-state index contributed by atoms with van der Waals surface area (Å²) in [6.45, 7) is 0.907. The molecule has 7 nitrogen and oxygen atoms in total. The fourth-order valence-electron chi connectivity index (χ4n) is 1.73. The van der Waals surface area contributed by atoms with Crippen LogP contribution in [-0.4, -0.2) is 33.8 Å². The van der Waals surface area contributed by atoms with Crippen molar-refractivity contribution in [2.45, 2.75) is 19.5 Å². The summed E-state index contributed by atoms with van der Waals surface area (Å²) in [6.07, 6.45) is 3.34. The second-order valence-corrected chi connectivity index (χ2v) is 4.37. The summed E-state index contributed by atoms with van der Waals surface area (Å²) in [5, 5.41) is 6.73. The van der Waals surface area contributed by atoms with E-state index in [-0.39, 0.29) is 11.9 Å². The summed E-state index contributed by atoms with van der Waals surface area (Å²) < 4.78 is 6.22. The van der Waals surface area contributed by atoms with E-state index >= 15 is 0 Å². The number of rotatable bonds is 6. The number of amides is 1. The molecule has 0 aliphatic rings. The van der Waals surface area contributed by atoms with Gasteiger partial charge in [-0.15, -0.1) is 0 Å². The van der Waals surface area contributed by atoms with Crippen LogP contribution in [0.15, 0.2) is 36.9 Å². The Balaban J connectivity index is 1.77. The molecule has 1 aromatic heterocycles. The van der Waals surface area contributed by atoms with E-state index in [9.17, 15) is 9.59 Å². The Kier molecular flexibility index (Phi) is 5.03. The number of hydrogen-bond acceptors (Lipinski definition) is 5. The number of aromatic nitrogens is 3. The second-order valence-electron chi connectivity index (χ2n) is 4.37. The van der Waals surface area contributed by atoms with Gasteiger partial charge in [0.25, 0.3) is 0 Å². The van der Waals surface area contributed by atoms with E-state index in [0.717, 1.165) is 5.56 Å². The molecule has 0 bridgehead atoms. The molecule has 0 aliphatic heterocycles. The molecular formula is C14H16N4O3. The molecule has 7 heteroatoms. The zero-order chi connectivity index (χ0) is 15.1. The first-order valence-corrected chi connectivity index (χ1v) is 6.45. The van der Waals surface area contributed by atoms with Gasteiger partial charge in [0.1, 0.15) is 12.7 Å². The fraction of sp³-hybridized carbons (Fsp3) is 0.286. The molecule has 2 rings (SSSR count). The van der Waals surface area contributed by atoms with Crippen molar-refractivity contribution < 1.29 is 14.3 Å². The molecular weight excluding hydrogens is 272 g/mol. The third kappa shape index (κ3) is 4.41. The number of benzene rings is 1. The minimum atomic E-state index is -0.376. The summed E-state index contributed by atoms with van der Waals surface area (Å²) in [5.74, 6) is -0.444. The van der Waals surface area contributed by atoms with Crippen LogP contribution >= 0.6 is 0 Å². The van der Waals surface area contributed by atoms with E-state index in [4.69, 9.17) is 0 Å². The Morgan fingerprint density at radius 1 is 1.29 bits per heavy atom. The lowest BCUT2D eigenvalue weighted by Crippen LogP contribution is -2.24. The Labute approximate surface area is 121 Å². The number of methoxy groups -OCH3 is 1. The molecule has 0 radical (unpaired) electrons. The molecule has 1 aromatic carbocycles. The minimum Gasteiger partial charge on any atom is -0.465 e. The van der Waals surface area contributed by atoms with Crippen molar-refractivity contribution >= 4 is 11.9 Å². The SMILES string of the molecule is COC(=O)c1ccc(CNC(=O)CCn2cncn2)cc1. The smallest absolute Gasteiger partial charge is 0.337 e. The van der Waals surface area contributed by atoms with Gasteiger partial charge in [-0.05, 0) is 17.7 Å². The van der Waals surface area contributed by atoms with Crippen molar-refractivity contribution in [1.29, 1.82) is 0 Å². The van der Waals surface area contributed by atoms with Crippen molar-refractivity contribution in [3.05, 3.63) is 48.0 Å². The molecule has 1 heterocycles. The molecule has 0 atom stereocenters. The van der Waals surface area contributed by atoms with Crippen molar-refractivity contribution in [2.75, 3.05) is 7.11 Å². The number of nitrogens with zero attached hydrogens (tertiary/aromatic N) is 3. The predicted octanol–water partition coefficient (Wildman–Crippen LogP) is 0.771. The summed E-state index contributed by atoms with van der Waals surface area (Å²) >= 11 is 0. The molecule has 0 aliphatic carbocycles. The molecule has 0 fully saturated rings.